The van der Waals surface area contributed by atoms with Crippen LogP contribution in [0, 0.1) is 6.92 Å². The topological polar surface area (TPSA) is 90.7 Å². The normalized spacial score (nSPS) is 10.3. The van der Waals surface area contributed by atoms with Crippen LogP contribution in [-0.4, -0.2) is 23.6 Å². The van der Waals surface area contributed by atoms with E-state index in [0.717, 1.165) is 0 Å². The van der Waals surface area contributed by atoms with E-state index in [2.05, 4.69) is 10.5 Å². The second-order valence-corrected chi connectivity index (χ2v) is 5.90. The quantitative estimate of drug-likeness (QED) is 0.510. The molecule has 2 aromatic carbocycles. The number of anilines is 1. The number of aryl methyl sites for hydroxylation is 1. The first-order valence-corrected chi connectivity index (χ1v) is 8.32. The Labute approximate surface area is 159 Å². The van der Waals surface area contributed by atoms with Crippen LogP contribution in [0.15, 0.2) is 59.1 Å². The smallest absolute Gasteiger partial charge is 0.349 e. The third kappa shape index (κ3) is 5.08. The molecular weight excluding hydrogens is 372 g/mol. The Morgan fingerprint density at radius 3 is 2.56 bits per heavy atom. The minimum Gasteiger partial charge on any atom is -0.463 e. The van der Waals surface area contributed by atoms with Gasteiger partial charge in [-0.3, -0.25) is 4.79 Å². The maximum Gasteiger partial charge on any atom is 0.349 e. The summed E-state index contributed by atoms with van der Waals surface area (Å²) in [7, 11) is 0. The third-order valence-corrected chi connectivity index (χ3v) is 3.74. The molecule has 1 N–H and O–H groups in total. The highest BCUT2D eigenvalue weighted by atomic mass is 35.5. The molecule has 0 atom stereocenters. The zero-order valence-corrected chi connectivity index (χ0v) is 15.0. The average molecular weight is 387 g/mol. The number of halogens is 1. The van der Waals surface area contributed by atoms with Crippen molar-refractivity contribution in [2.24, 2.45) is 0 Å². The average Bonchev–Trinajstić information content (AvgIpc) is 3.07. The molecule has 0 aliphatic heterocycles. The first-order valence-electron chi connectivity index (χ1n) is 7.94. The van der Waals surface area contributed by atoms with E-state index in [0.29, 0.717) is 27.8 Å². The summed E-state index contributed by atoms with van der Waals surface area (Å²) in [5, 5.41) is 6.70. The Morgan fingerprint density at radius 1 is 1.15 bits per heavy atom. The number of aromatic nitrogens is 1. The summed E-state index contributed by atoms with van der Waals surface area (Å²) in [4.78, 5) is 24.0. The lowest BCUT2D eigenvalue weighted by Crippen LogP contribution is -2.17. The fourth-order valence-electron chi connectivity index (χ4n) is 2.16. The van der Waals surface area contributed by atoms with Crippen LogP contribution in [0.2, 0.25) is 5.02 Å². The highest BCUT2D eigenvalue weighted by molar-refractivity contribution is 6.34. The SMILES string of the molecule is Cc1cc(OCC(=O)Oc2ccc(NC(=O)c3ccccc3Cl)cc2)no1. The molecule has 0 unspecified atom stereocenters. The number of hydrogen-bond donors (Lipinski definition) is 1. The molecule has 27 heavy (non-hydrogen) atoms. The molecular formula is C19H15ClN2O5. The zero-order chi connectivity index (χ0) is 19.2. The van der Waals surface area contributed by atoms with Gasteiger partial charge in [0.2, 0.25) is 0 Å². The van der Waals surface area contributed by atoms with E-state index < -0.39 is 5.97 Å². The van der Waals surface area contributed by atoms with Gasteiger partial charge in [0, 0.05) is 11.8 Å². The number of amides is 1. The lowest BCUT2D eigenvalue weighted by Gasteiger charge is -2.08. The van der Waals surface area contributed by atoms with E-state index >= 15 is 0 Å². The molecule has 0 radical (unpaired) electrons. The minimum atomic E-state index is -0.594. The van der Waals surface area contributed by atoms with Gasteiger partial charge >= 0.3 is 5.97 Å². The molecule has 0 saturated heterocycles. The van der Waals surface area contributed by atoms with Crippen LogP contribution in [0.4, 0.5) is 5.69 Å². The van der Waals surface area contributed by atoms with Crippen molar-refractivity contribution in [2.75, 3.05) is 11.9 Å². The maximum absolute atomic E-state index is 12.2. The minimum absolute atomic E-state index is 0.210. The van der Waals surface area contributed by atoms with Crippen LogP contribution < -0.4 is 14.8 Å². The summed E-state index contributed by atoms with van der Waals surface area (Å²) < 4.78 is 15.1. The van der Waals surface area contributed by atoms with Crippen molar-refractivity contribution < 1.29 is 23.6 Å². The van der Waals surface area contributed by atoms with Crippen molar-refractivity contribution in [3.63, 3.8) is 0 Å². The van der Waals surface area contributed by atoms with E-state index in [1.807, 2.05) is 0 Å². The van der Waals surface area contributed by atoms with Gasteiger partial charge in [-0.15, -0.1) is 0 Å². The van der Waals surface area contributed by atoms with Crippen LogP contribution in [0.5, 0.6) is 11.6 Å². The predicted octanol–water partition coefficient (Wildman–Crippen LogP) is 3.87. The first-order chi connectivity index (χ1) is 13.0. The summed E-state index contributed by atoms with van der Waals surface area (Å²) in [5.74, 6) is 0.177. The third-order valence-electron chi connectivity index (χ3n) is 3.41. The Balaban J connectivity index is 1.53. The molecule has 1 aromatic heterocycles. The van der Waals surface area contributed by atoms with Gasteiger partial charge in [0.25, 0.3) is 11.8 Å². The number of nitrogens with zero attached hydrogens (tertiary/aromatic N) is 1. The highest BCUT2D eigenvalue weighted by Crippen LogP contribution is 2.19. The van der Waals surface area contributed by atoms with Gasteiger partial charge in [0.05, 0.1) is 10.6 Å². The second-order valence-electron chi connectivity index (χ2n) is 5.50. The first kappa shape index (κ1) is 18.5. The Kier molecular flexibility index (Phi) is 5.73. The number of ether oxygens (including phenoxy) is 2. The Hall–Kier alpha value is -3.32. The highest BCUT2D eigenvalue weighted by Gasteiger charge is 2.11. The zero-order valence-electron chi connectivity index (χ0n) is 14.3. The number of hydrogen-bond acceptors (Lipinski definition) is 6. The Morgan fingerprint density at radius 2 is 1.89 bits per heavy atom. The molecule has 3 rings (SSSR count). The van der Waals surface area contributed by atoms with E-state index in [4.69, 9.17) is 25.6 Å². The van der Waals surface area contributed by atoms with Crippen molar-refractivity contribution in [3.05, 3.63) is 70.9 Å². The standard InChI is InChI=1S/C19H15ClN2O5/c1-12-10-17(22-27-12)25-11-18(23)26-14-8-6-13(7-9-14)21-19(24)15-4-2-3-5-16(15)20/h2-10H,11H2,1H3,(H,21,24). The van der Waals surface area contributed by atoms with E-state index in [-0.39, 0.29) is 18.4 Å². The summed E-state index contributed by atoms with van der Waals surface area (Å²) in [6.07, 6.45) is 0. The summed E-state index contributed by atoms with van der Waals surface area (Å²) in [6.45, 7) is 1.40. The number of carbonyl (C=O) groups is 2. The molecule has 0 aliphatic rings. The van der Waals surface area contributed by atoms with Crippen LogP contribution in [0.25, 0.3) is 0 Å². The van der Waals surface area contributed by atoms with Gasteiger partial charge in [-0.1, -0.05) is 23.7 Å². The van der Waals surface area contributed by atoms with Gasteiger partial charge in [0.1, 0.15) is 11.5 Å². The molecule has 3 aromatic rings. The molecule has 0 saturated carbocycles. The molecule has 0 spiro atoms. The number of esters is 1. The summed E-state index contributed by atoms with van der Waals surface area (Å²) >= 11 is 6.00. The molecule has 0 bridgehead atoms. The second kappa shape index (κ2) is 8.37. The molecule has 1 amide bonds. The monoisotopic (exact) mass is 386 g/mol. The van der Waals surface area contributed by atoms with Crippen molar-refractivity contribution in [1.82, 2.24) is 5.16 Å². The predicted molar refractivity (Wildman–Crippen MR) is 98.2 cm³/mol. The maximum atomic E-state index is 12.2. The Bertz CT molecular complexity index is 953. The summed E-state index contributed by atoms with van der Waals surface area (Å²) in [5.41, 5.74) is 0.906. The largest absolute Gasteiger partial charge is 0.463 e. The molecule has 0 fully saturated rings. The van der Waals surface area contributed by atoms with Crippen LogP contribution in [-0.2, 0) is 4.79 Å². The molecule has 138 valence electrons. The van der Waals surface area contributed by atoms with Crippen molar-refractivity contribution in [1.29, 1.82) is 0 Å². The van der Waals surface area contributed by atoms with Crippen LogP contribution in [0.3, 0.4) is 0 Å². The molecule has 7 nitrogen and oxygen atoms in total. The van der Waals surface area contributed by atoms with Crippen LogP contribution >= 0.6 is 11.6 Å². The van der Waals surface area contributed by atoms with Crippen molar-refractivity contribution in [2.45, 2.75) is 6.92 Å². The van der Waals surface area contributed by atoms with E-state index in [1.165, 1.54) is 0 Å². The van der Waals surface area contributed by atoms with Crippen molar-refractivity contribution in [3.8, 4) is 11.6 Å². The van der Waals surface area contributed by atoms with Gasteiger partial charge in [-0.2, -0.15) is 0 Å². The lowest BCUT2D eigenvalue weighted by molar-refractivity contribution is -0.136. The van der Waals surface area contributed by atoms with Gasteiger partial charge in [0.15, 0.2) is 6.61 Å². The summed E-state index contributed by atoms with van der Waals surface area (Å²) in [6, 6.07) is 14.6. The number of benzene rings is 2. The fourth-order valence-corrected chi connectivity index (χ4v) is 2.38. The molecule has 0 aliphatic carbocycles. The molecule has 1 heterocycles. The number of rotatable bonds is 6. The van der Waals surface area contributed by atoms with E-state index in [1.54, 1.807) is 61.5 Å². The number of nitrogens with one attached hydrogen (secondary N) is 1. The van der Waals surface area contributed by atoms with Gasteiger partial charge in [-0.25, -0.2) is 4.79 Å². The van der Waals surface area contributed by atoms with Gasteiger partial charge in [-0.05, 0) is 48.5 Å². The van der Waals surface area contributed by atoms with E-state index in [9.17, 15) is 9.59 Å². The number of carbonyl (C=O) groups excluding carboxylic acids is 2. The molecule has 8 heteroatoms. The lowest BCUT2D eigenvalue weighted by atomic mass is 10.2. The van der Waals surface area contributed by atoms with Gasteiger partial charge < -0.3 is 19.3 Å². The fraction of sp³-hybridized carbons (Fsp3) is 0.105. The van der Waals surface area contributed by atoms with Crippen molar-refractivity contribution >= 4 is 29.2 Å². The van der Waals surface area contributed by atoms with Crippen LogP contribution in [0.1, 0.15) is 16.1 Å².